The Morgan fingerprint density at radius 1 is 0.844 bits per heavy atom. The van der Waals surface area contributed by atoms with Crippen LogP contribution in [0.3, 0.4) is 0 Å². The van der Waals surface area contributed by atoms with Crippen molar-refractivity contribution in [3.05, 3.63) is 52.2 Å². The first-order valence-electron chi connectivity index (χ1n) is 9.11. The number of carbonyl (C=O) groups is 4. The fraction of sp³-hybridized carbons (Fsp3) is 0.136. The first-order valence-corrected chi connectivity index (χ1v) is 9.11. The smallest absolute Gasteiger partial charge is 0.343 e. The van der Waals surface area contributed by atoms with Crippen LogP contribution in [0.15, 0.2) is 45.6 Å². The topological polar surface area (TPSA) is 146 Å². The number of aromatic carboxylic acids is 1. The van der Waals surface area contributed by atoms with Gasteiger partial charge in [-0.2, -0.15) is 0 Å². The third kappa shape index (κ3) is 4.48. The lowest BCUT2D eigenvalue weighted by Crippen LogP contribution is -2.17. The van der Waals surface area contributed by atoms with Gasteiger partial charge >= 0.3 is 23.9 Å². The molecule has 0 spiro atoms. The van der Waals surface area contributed by atoms with Crippen molar-refractivity contribution in [3.8, 4) is 28.6 Å². The van der Waals surface area contributed by atoms with Gasteiger partial charge in [0.2, 0.25) is 11.2 Å². The second-order valence-corrected chi connectivity index (χ2v) is 6.52. The minimum atomic E-state index is -1.56. The van der Waals surface area contributed by atoms with Gasteiger partial charge in [0.15, 0.2) is 22.8 Å². The van der Waals surface area contributed by atoms with Gasteiger partial charge in [-0.25, -0.2) is 4.79 Å². The summed E-state index contributed by atoms with van der Waals surface area (Å²) < 4.78 is 20.9. The molecule has 0 saturated carbocycles. The monoisotopic (exact) mass is 440 g/mol. The van der Waals surface area contributed by atoms with Crippen LogP contribution in [0.1, 0.15) is 31.1 Å². The Hall–Kier alpha value is -4.47. The van der Waals surface area contributed by atoms with Gasteiger partial charge in [0.05, 0.1) is 5.39 Å². The number of esters is 3. The molecular weight excluding hydrogens is 424 g/mol. The average molecular weight is 440 g/mol. The lowest BCUT2D eigenvalue weighted by atomic mass is 10.0. The molecule has 0 radical (unpaired) electrons. The van der Waals surface area contributed by atoms with Gasteiger partial charge in [-0.3, -0.25) is 19.2 Å². The van der Waals surface area contributed by atoms with Crippen molar-refractivity contribution in [1.29, 1.82) is 0 Å². The Bertz CT molecular complexity index is 1300. The van der Waals surface area contributed by atoms with E-state index in [1.54, 1.807) is 12.1 Å². The van der Waals surface area contributed by atoms with Gasteiger partial charge in [-0.05, 0) is 24.3 Å². The summed E-state index contributed by atoms with van der Waals surface area (Å²) in [6, 6.07) is 8.29. The van der Waals surface area contributed by atoms with Crippen LogP contribution < -0.4 is 19.6 Å². The summed E-state index contributed by atoms with van der Waals surface area (Å²) in [7, 11) is 0. The summed E-state index contributed by atoms with van der Waals surface area (Å²) in [4.78, 5) is 59.5. The molecule has 0 saturated heterocycles. The van der Waals surface area contributed by atoms with E-state index in [0.29, 0.717) is 0 Å². The second kappa shape index (κ2) is 8.72. The molecule has 0 fully saturated rings. The molecule has 10 heteroatoms. The van der Waals surface area contributed by atoms with Crippen molar-refractivity contribution >= 4 is 34.8 Å². The molecule has 3 rings (SSSR count). The van der Waals surface area contributed by atoms with Crippen molar-refractivity contribution < 1.29 is 42.9 Å². The Kier molecular flexibility index (Phi) is 6.06. The van der Waals surface area contributed by atoms with E-state index >= 15 is 0 Å². The Labute approximate surface area is 179 Å². The highest BCUT2D eigenvalue weighted by atomic mass is 16.6. The largest absolute Gasteiger partial charge is 0.477 e. The van der Waals surface area contributed by atoms with E-state index in [1.807, 2.05) is 0 Å². The summed E-state index contributed by atoms with van der Waals surface area (Å²) in [6.07, 6.45) is 0. The van der Waals surface area contributed by atoms with Crippen LogP contribution in [0, 0.1) is 0 Å². The fourth-order valence-electron chi connectivity index (χ4n) is 2.95. The molecule has 0 bridgehead atoms. The summed E-state index contributed by atoms with van der Waals surface area (Å²) in [5.74, 6) is -5.44. The number of para-hydroxylation sites is 1. The van der Waals surface area contributed by atoms with Gasteiger partial charge in [0, 0.05) is 26.3 Å². The van der Waals surface area contributed by atoms with Crippen molar-refractivity contribution in [2.75, 3.05) is 0 Å². The van der Waals surface area contributed by atoms with E-state index in [0.717, 1.165) is 32.9 Å². The van der Waals surface area contributed by atoms with Crippen LogP contribution in [0.5, 0.6) is 17.2 Å². The van der Waals surface area contributed by atoms with Crippen molar-refractivity contribution in [1.82, 2.24) is 0 Å². The standard InChI is InChI=1S/C22H16O10/c1-10(23)29-16-8-13(9-17(30-11(2)24)21(16)31-12(3)25)20-18(22(27)28)19(26)14-6-4-5-7-15(14)32-20/h4-9H,1-3H3,(H,27,28). The lowest BCUT2D eigenvalue weighted by molar-refractivity contribution is -0.135. The highest BCUT2D eigenvalue weighted by Gasteiger charge is 2.26. The van der Waals surface area contributed by atoms with Crippen molar-refractivity contribution in [3.63, 3.8) is 0 Å². The molecule has 0 atom stereocenters. The normalized spacial score (nSPS) is 10.5. The maximum atomic E-state index is 12.8. The number of rotatable bonds is 5. The summed E-state index contributed by atoms with van der Waals surface area (Å²) >= 11 is 0. The molecule has 32 heavy (non-hydrogen) atoms. The third-order valence-electron chi connectivity index (χ3n) is 4.05. The van der Waals surface area contributed by atoms with Crippen molar-refractivity contribution in [2.24, 2.45) is 0 Å². The van der Waals surface area contributed by atoms with Gasteiger partial charge in [0.1, 0.15) is 5.58 Å². The highest BCUT2D eigenvalue weighted by molar-refractivity contribution is 5.98. The quantitative estimate of drug-likeness (QED) is 0.464. The molecule has 0 aliphatic rings. The first-order chi connectivity index (χ1) is 15.1. The zero-order valence-corrected chi connectivity index (χ0v) is 17.1. The number of fused-ring (bicyclic) bond motifs is 1. The second-order valence-electron chi connectivity index (χ2n) is 6.52. The Morgan fingerprint density at radius 3 is 1.88 bits per heavy atom. The Morgan fingerprint density at radius 2 is 1.38 bits per heavy atom. The van der Waals surface area contributed by atoms with Crippen molar-refractivity contribution in [2.45, 2.75) is 20.8 Å². The minimum absolute atomic E-state index is 0.0469. The fourth-order valence-corrected chi connectivity index (χ4v) is 2.95. The van der Waals surface area contributed by atoms with E-state index in [4.69, 9.17) is 18.6 Å². The average Bonchev–Trinajstić information content (AvgIpc) is 2.68. The van der Waals surface area contributed by atoms with Crippen LogP contribution in [0.4, 0.5) is 0 Å². The van der Waals surface area contributed by atoms with Crippen LogP contribution in [-0.2, 0) is 14.4 Å². The van der Waals surface area contributed by atoms with Gasteiger partial charge in [0.25, 0.3) is 0 Å². The predicted octanol–water partition coefficient (Wildman–Crippen LogP) is 2.93. The number of carboxylic acids is 1. The number of hydrogen-bond donors (Lipinski definition) is 1. The van der Waals surface area contributed by atoms with Gasteiger partial charge < -0.3 is 23.7 Å². The number of carbonyl (C=O) groups excluding carboxylic acids is 3. The van der Waals surface area contributed by atoms with Gasteiger partial charge in [-0.15, -0.1) is 0 Å². The van der Waals surface area contributed by atoms with Crippen LogP contribution in [-0.4, -0.2) is 29.0 Å². The van der Waals surface area contributed by atoms with Gasteiger partial charge in [-0.1, -0.05) is 12.1 Å². The predicted molar refractivity (Wildman–Crippen MR) is 109 cm³/mol. The Balaban J connectivity index is 2.40. The van der Waals surface area contributed by atoms with E-state index in [2.05, 4.69) is 0 Å². The molecule has 1 heterocycles. The van der Waals surface area contributed by atoms with E-state index in [-0.39, 0.29) is 39.5 Å². The minimum Gasteiger partial charge on any atom is -0.477 e. The van der Waals surface area contributed by atoms with E-state index in [1.165, 1.54) is 12.1 Å². The molecule has 0 aliphatic heterocycles. The van der Waals surface area contributed by atoms with E-state index < -0.39 is 34.9 Å². The van der Waals surface area contributed by atoms with Crippen LogP contribution in [0.25, 0.3) is 22.3 Å². The highest BCUT2D eigenvalue weighted by Crippen LogP contribution is 2.43. The summed E-state index contributed by atoms with van der Waals surface area (Å²) in [5, 5.41) is 9.72. The molecule has 2 aromatic carbocycles. The number of hydrogen-bond acceptors (Lipinski definition) is 9. The number of carboxylic acid groups (broad SMARTS) is 1. The molecule has 10 nitrogen and oxygen atoms in total. The van der Waals surface area contributed by atoms with Crippen LogP contribution >= 0.6 is 0 Å². The molecule has 0 aliphatic carbocycles. The maximum absolute atomic E-state index is 12.8. The molecule has 0 amide bonds. The molecule has 1 aromatic heterocycles. The SMILES string of the molecule is CC(=O)Oc1cc(-c2oc3ccccc3c(=O)c2C(=O)O)cc(OC(C)=O)c1OC(C)=O. The maximum Gasteiger partial charge on any atom is 0.343 e. The third-order valence-corrected chi connectivity index (χ3v) is 4.05. The summed E-state index contributed by atoms with van der Waals surface area (Å²) in [5.41, 5.74) is -1.47. The first kappa shape index (κ1) is 22.2. The lowest BCUT2D eigenvalue weighted by Gasteiger charge is -2.15. The number of benzene rings is 2. The summed E-state index contributed by atoms with van der Waals surface area (Å²) in [6.45, 7) is 3.23. The zero-order valence-electron chi connectivity index (χ0n) is 17.1. The molecular formula is C22H16O10. The van der Waals surface area contributed by atoms with E-state index in [9.17, 15) is 29.1 Å². The molecule has 1 N–H and O–H groups in total. The zero-order chi connectivity index (χ0) is 23.6. The number of ether oxygens (including phenoxy) is 3. The van der Waals surface area contributed by atoms with Crippen LogP contribution in [0.2, 0.25) is 0 Å². The molecule has 164 valence electrons. The molecule has 0 unspecified atom stereocenters. The molecule has 3 aromatic rings.